The number of carbonyl (C=O) groups excluding carboxylic acids is 1. The maximum Gasteiger partial charge on any atom is 0.337 e. The lowest BCUT2D eigenvalue weighted by molar-refractivity contribution is -0.160. The summed E-state index contributed by atoms with van der Waals surface area (Å²) in [5, 5.41) is 17.7. The van der Waals surface area contributed by atoms with E-state index in [-0.39, 0.29) is 18.4 Å². The molecular weight excluding hydrogens is 624 g/mol. The topological polar surface area (TPSA) is 107 Å². The molecule has 9 nitrogen and oxygen atoms in total. The van der Waals surface area contributed by atoms with Gasteiger partial charge in [0.1, 0.15) is 11.6 Å². The van der Waals surface area contributed by atoms with E-state index in [9.17, 15) is 14.7 Å². The fourth-order valence-electron chi connectivity index (χ4n) is 6.31. The number of nitrogens with zero attached hydrogens (tertiary/aromatic N) is 4. The third-order valence-corrected chi connectivity index (χ3v) is 9.73. The van der Waals surface area contributed by atoms with E-state index in [1.165, 1.54) is 18.4 Å². The zero-order chi connectivity index (χ0) is 32.9. The molecule has 2 atom stereocenters. The van der Waals surface area contributed by atoms with Gasteiger partial charge in [0.2, 0.25) is 5.91 Å². The van der Waals surface area contributed by atoms with E-state index in [2.05, 4.69) is 12.1 Å². The Kier molecular flexibility index (Phi) is 8.67. The van der Waals surface area contributed by atoms with Crippen molar-refractivity contribution in [3.8, 4) is 21.7 Å². The second-order valence-electron chi connectivity index (χ2n) is 12.8. The van der Waals surface area contributed by atoms with Gasteiger partial charge in [0.15, 0.2) is 6.10 Å². The number of benzene rings is 3. The van der Waals surface area contributed by atoms with Crippen LogP contribution in [-0.2, 0) is 26.1 Å². The number of aliphatic carboxylic acids is 1. The van der Waals surface area contributed by atoms with Gasteiger partial charge >= 0.3 is 5.97 Å². The Bertz CT molecular complexity index is 1960. The summed E-state index contributed by atoms with van der Waals surface area (Å²) in [4.78, 5) is 32.1. The largest absolute Gasteiger partial charge is 0.479 e. The smallest absolute Gasteiger partial charge is 0.337 e. The average molecular weight is 661 g/mol. The molecule has 3 heterocycles. The molecule has 240 valence electrons. The number of aryl methyl sites for hydroxylation is 2. The van der Waals surface area contributed by atoms with E-state index < -0.39 is 17.7 Å². The van der Waals surface area contributed by atoms with Gasteiger partial charge in [-0.2, -0.15) is 5.10 Å². The van der Waals surface area contributed by atoms with E-state index in [0.717, 1.165) is 60.5 Å². The maximum absolute atomic E-state index is 12.7. The summed E-state index contributed by atoms with van der Waals surface area (Å²) in [5.74, 6) is -0.946. The Balaban J connectivity index is 1.49. The molecule has 3 aromatic carbocycles. The number of thiazole rings is 1. The number of likely N-dealkylation sites (tertiary alicyclic amines) is 1. The van der Waals surface area contributed by atoms with Crippen LogP contribution in [0.5, 0.6) is 0 Å². The van der Waals surface area contributed by atoms with Crippen LogP contribution in [-0.4, -0.2) is 69.1 Å². The van der Waals surface area contributed by atoms with Crippen LogP contribution in [0, 0.1) is 6.92 Å². The third kappa shape index (κ3) is 6.14. The zero-order valence-electron chi connectivity index (χ0n) is 26.8. The molecule has 1 fully saturated rings. The van der Waals surface area contributed by atoms with E-state index in [1.54, 1.807) is 0 Å². The molecule has 6 rings (SSSR count). The first kappa shape index (κ1) is 32.1. The summed E-state index contributed by atoms with van der Waals surface area (Å²) in [6.45, 7) is 8.83. The fraction of sp³-hybridized carbons (Fsp3) is 0.371. The number of hydrogen-bond acceptors (Lipinski definition) is 7. The van der Waals surface area contributed by atoms with E-state index in [0.29, 0.717) is 23.7 Å². The first-order valence-electron chi connectivity index (χ1n) is 15.2. The first-order valence-corrected chi connectivity index (χ1v) is 16.4. The quantitative estimate of drug-likeness (QED) is 0.185. The molecule has 0 saturated carbocycles. The van der Waals surface area contributed by atoms with E-state index in [1.807, 2.05) is 80.7 Å². The molecule has 1 aliphatic heterocycles. The standard InChI is InChI=1S/C35H37ClN4O5S/c1-19-15-25-32(29(20-7-10-23(36)11-8-20)28(19)31(34(42)43)45-35(2,3)4)46-33(37-25)21-9-12-26-24(16-21)30(38-39(26)5)22-13-14-40(17-22)27(41)18-44-6/h7-12,15-16,22,31H,13-14,17-18H2,1-6H3,(H,42,43)/t22-,31+/m1/s1. The minimum atomic E-state index is -1.18. The van der Waals surface area contributed by atoms with Gasteiger partial charge in [-0.05, 0) is 81.6 Å². The van der Waals surface area contributed by atoms with Gasteiger partial charge < -0.3 is 19.5 Å². The number of aromatic nitrogens is 3. The van der Waals surface area contributed by atoms with Crippen LogP contribution < -0.4 is 0 Å². The number of fused-ring (bicyclic) bond motifs is 2. The van der Waals surface area contributed by atoms with Crippen molar-refractivity contribution in [1.29, 1.82) is 0 Å². The lowest BCUT2D eigenvalue weighted by Crippen LogP contribution is -2.31. The molecule has 11 heteroatoms. The van der Waals surface area contributed by atoms with Gasteiger partial charge in [-0.15, -0.1) is 11.3 Å². The highest BCUT2D eigenvalue weighted by atomic mass is 35.5. The van der Waals surface area contributed by atoms with Crippen molar-refractivity contribution in [2.45, 2.75) is 51.7 Å². The van der Waals surface area contributed by atoms with Crippen molar-refractivity contribution in [3.05, 3.63) is 70.4 Å². The van der Waals surface area contributed by atoms with Gasteiger partial charge in [-0.25, -0.2) is 9.78 Å². The van der Waals surface area contributed by atoms with Gasteiger partial charge in [-0.3, -0.25) is 9.48 Å². The van der Waals surface area contributed by atoms with Gasteiger partial charge in [0.25, 0.3) is 0 Å². The summed E-state index contributed by atoms with van der Waals surface area (Å²) < 4.78 is 14.0. The molecule has 1 N–H and O–H groups in total. The molecule has 0 aliphatic carbocycles. The molecule has 0 unspecified atom stereocenters. The molecule has 0 bridgehead atoms. The number of amides is 1. The Morgan fingerprint density at radius 1 is 1.13 bits per heavy atom. The molecular formula is C35H37ClN4O5S. The van der Waals surface area contributed by atoms with Crippen LogP contribution in [0.15, 0.2) is 48.5 Å². The summed E-state index contributed by atoms with van der Waals surface area (Å²) in [6, 6.07) is 15.6. The number of hydrogen-bond donors (Lipinski definition) is 1. The molecule has 1 aliphatic rings. The highest BCUT2D eigenvalue weighted by Gasteiger charge is 2.33. The highest BCUT2D eigenvalue weighted by Crippen LogP contribution is 2.45. The Hall–Kier alpha value is -3.83. The second kappa shape index (κ2) is 12.4. The van der Waals surface area contributed by atoms with Crippen molar-refractivity contribution >= 4 is 55.9 Å². The summed E-state index contributed by atoms with van der Waals surface area (Å²) in [5.41, 5.74) is 6.01. The second-order valence-corrected chi connectivity index (χ2v) is 14.2. The van der Waals surface area contributed by atoms with Crippen molar-refractivity contribution < 1.29 is 24.2 Å². The van der Waals surface area contributed by atoms with E-state index in [4.69, 9.17) is 31.2 Å². The molecule has 46 heavy (non-hydrogen) atoms. The van der Waals surface area contributed by atoms with Crippen LogP contribution in [0.1, 0.15) is 56.0 Å². The number of carbonyl (C=O) groups is 2. The van der Waals surface area contributed by atoms with Gasteiger partial charge in [0, 0.05) is 60.3 Å². The fourth-order valence-corrected chi connectivity index (χ4v) is 7.56. The predicted molar refractivity (Wildman–Crippen MR) is 182 cm³/mol. The minimum absolute atomic E-state index is 0.00964. The summed E-state index contributed by atoms with van der Waals surface area (Å²) in [7, 11) is 3.47. The SMILES string of the molecule is COCC(=O)N1CC[C@@H](c2nn(C)c3ccc(-c4nc5cc(C)c([C@H](OC(C)(C)C)C(=O)O)c(-c6ccc(Cl)cc6)c5s4)cc23)C1. The molecule has 2 aromatic heterocycles. The number of carboxylic acids is 1. The van der Waals surface area contributed by atoms with Crippen molar-refractivity contribution in [2.24, 2.45) is 7.05 Å². The van der Waals surface area contributed by atoms with Crippen molar-refractivity contribution in [2.75, 3.05) is 26.8 Å². The molecule has 5 aromatic rings. The minimum Gasteiger partial charge on any atom is -0.479 e. The number of carboxylic acid groups (broad SMARTS) is 1. The van der Waals surface area contributed by atoms with Crippen LogP contribution in [0.3, 0.4) is 0 Å². The van der Waals surface area contributed by atoms with Gasteiger partial charge in [-0.1, -0.05) is 23.7 Å². The van der Waals surface area contributed by atoms with E-state index >= 15 is 0 Å². The molecule has 1 amide bonds. The molecule has 1 saturated heterocycles. The summed E-state index contributed by atoms with van der Waals surface area (Å²) >= 11 is 7.78. The predicted octanol–water partition coefficient (Wildman–Crippen LogP) is 7.38. The van der Waals surface area contributed by atoms with Crippen LogP contribution >= 0.6 is 22.9 Å². The maximum atomic E-state index is 12.7. The average Bonchev–Trinajstić information content (AvgIpc) is 3.73. The third-order valence-electron chi connectivity index (χ3n) is 8.34. The molecule has 0 radical (unpaired) electrons. The zero-order valence-corrected chi connectivity index (χ0v) is 28.3. The normalized spacial score (nSPS) is 16.1. The number of ether oxygens (including phenoxy) is 2. The summed E-state index contributed by atoms with van der Waals surface area (Å²) in [6.07, 6.45) is -0.349. The van der Waals surface area contributed by atoms with Gasteiger partial charge in [0.05, 0.1) is 27.0 Å². The molecule has 0 spiro atoms. The van der Waals surface area contributed by atoms with Crippen molar-refractivity contribution in [3.63, 3.8) is 0 Å². The first-order chi connectivity index (χ1) is 21.8. The Labute approximate surface area is 276 Å². The monoisotopic (exact) mass is 660 g/mol. The number of rotatable bonds is 8. The van der Waals surface area contributed by atoms with Crippen LogP contribution in [0.4, 0.5) is 0 Å². The number of methoxy groups -OCH3 is 1. The lowest BCUT2D eigenvalue weighted by Gasteiger charge is -2.28. The highest BCUT2D eigenvalue weighted by molar-refractivity contribution is 7.22. The van der Waals surface area contributed by atoms with Crippen LogP contribution in [0.25, 0.3) is 42.8 Å². The number of halogens is 1. The Morgan fingerprint density at radius 3 is 2.52 bits per heavy atom. The Morgan fingerprint density at radius 2 is 1.85 bits per heavy atom. The van der Waals surface area contributed by atoms with Crippen molar-refractivity contribution in [1.82, 2.24) is 19.7 Å². The van der Waals surface area contributed by atoms with Crippen LogP contribution in [0.2, 0.25) is 5.02 Å². The lowest BCUT2D eigenvalue weighted by atomic mass is 9.91.